The van der Waals surface area contributed by atoms with Gasteiger partial charge in [-0.2, -0.15) is 0 Å². The van der Waals surface area contributed by atoms with E-state index in [0.717, 1.165) is 16.5 Å². The molecule has 0 amide bonds. The Morgan fingerprint density at radius 3 is 1.60 bits per heavy atom. The van der Waals surface area contributed by atoms with Crippen molar-refractivity contribution in [3.8, 4) is 11.1 Å². The zero-order valence-corrected chi connectivity index (χ0v) is 35.2. The van der Waals surface area contributed by atoms with Gasteiger partial charge in [-0.1, -0.05) is 0 Å². The standard InChI is InChI=1S/C23H21.C13H8Cl2.C9H13.2ClH.Zr/c1-22(2)7-5-14-10-18-16(12-20(14)22)9-17-13-21-15(11-19(17)18)6-8-23(21,3)4;14-12-5-1-3-10(8-12)7-11-4-2-6-13(15)9-11;1-9(2,3)8-6-4-5-7-8;;;/h5-13H,1-4H3;1-6,8-9H;6-7H,4H2,1-3H3;2*1H;/q;;;;;+2/p-2. The summed E-state index contributed by atoms with van der Waals surface area (Å²) >= 11 is 10.6. The third-order valence-electron chi connectivity index (χ3n) is 11.0. The summed E-state index contributed by atoms with van der Waals surface area (Å²) in [6.07, 6.45) is 15.5. The fourth-order valence-electron chi connectivity index (χ4n) is 8.35. The number of rotatable bonds is 4. The normalized spacial score (nSPS) is 17.0. The van der Waals surface area contributed by atoms with Gasteiger partial charge in [-0.05, 0) is 0 Å². The van der Waals surface area contributed by atoms with Crippen LogP contribution in [0.15, 0.2) is 106 Å². The van der Waals surface area contributed by atoms with Gasteiger partial charge in [0.25, 0.3) is 0 Å². The van der Waals surface area contributed by atoms with Gasteiger partial charge in [0.05, 0.1) is 0 Å². The molecule has 0 bridgehead atoms. The Hall–Kier alpha value is -2.25. The van der Waals surface area contributed by atoms with E-state index in [9.17, 15) is 0 Å². The number of hydrogen-bond donors (Lipinski definition) is 0. The predicted molar refractivity (Wildman–Crippen MR) is 204 cm³/mol. The molecule has 0 nitrogen and oxygen atoms in total. The molecule has 5 heteroatoms. The van der Waals surface area contributed by atoms with Crippen LogP contribution in [0.3, 0.4) is 0 Å². The molecule has 0 saturated carbocycles. The number of benzene rings is 4. The van der Waals surface area contributed by atoms with E-state index in [1.54, 1.807) is 3.28 Å². The minimum Gasteiger partial charge on any atom is -1.00 e. The molecule has 0 heterocycles. The zero-order valence-electron chi connectivity index (χ0n) is 29.7. The number of fused-ring (bicyclic) bond motifs is 5. The Morgan fingerprint density at radius 2 is 1.18 bits per heavy atom. The van der Waals surface area contributed by atoms with Gasteiger partial charge in [0, 0.05) is 0 Å². The van der Waals surface area contributed by atoms with Crippen LogP contribution in [0.5, 0.6) is 0 Å². The maximum atomic E-state index is 6.81. The molecule has 0 aromatic heterocycles. The maximum Gasteiger partial charge on any atom is -1.00 e. The largest absolute Gasteiger partial charge is 1.00 e. The van der Waals surface area contributed by atoms with Crippen LogP contribution in [0.4, 0.5) is 0 Å². The van der Waals surface area contributed by atoms with Crippen LogP contribution in [0.25, 0.3) is 23.3 Å². The van der Waals surface area contributed by atoms with Crippen molar-refractivity contribution in [1.82, 2.24) is 0 Å². The fraction of sp³-hybridized carbons (Fsp3) is 0.267. The molecule has 8 rings (SSSR count). The van der Waals surface area contributed by atoms with E-state index in [0.29, 0.717) is 3.63 Å². The van der Waals surface area contributed by atoms with E-state index in [4.69, 9.17) is 23.2 Å². The molecule has 50 heavy (non-hydrogen) atoms. The van der Waals surface area contributed by atoms with E-state index < -0.39 is 21.3 Å². The first kappa shape index (κ1) is 37.5. The van der Waals surface area contributed by atoms with Gasteiger partial charge in [0.1, 0.15) is 0 Å². The first-order valence-corrected chi connectivity index (χ1v) is 21.8. The van der Waals surface area contributed by atoms with Crippen LogP contribution in [0.2, 0.25) is 10.0 Å². The Balaban J connectivity index is 0.00000216. The van der Waals surface area contributed by atoms with Crippen molar-refractivity contribution in [3.05, 3.63) is 161 Å². The van der Waals surface area contributed by atoms with E-state index in [2.05, 4.69) is 146 Å². The summed E-state index contributed by atoms with van der Waals surface area (Å²) in [5.74, 6) is 0. The average Bonchev–Trinajstić information content (AvgIpc) is 3.78. The second-order valence-corrected chi connectivity index (χ2v) is 23.3. The quantitative estimate of drug-likeness (QED) is 0.212. The van der Waals surface area contributed by atoms with Crippen LogP contribution in [0.1, 0.15) is 103 Å². The molecule has 4 aliphatic carbocycles. The molecule has 4 aromatic rings. The summed E-state index contributed by atoms with van der Waals surface area (Å²) in [5.41, 5.74) is 15.4. The molecule has 0 spiro atoms. The summed E-state index contributed by atoms with van der Waals surface area (Å²) in [4.78, 5) is 0. The average molecular weight is 816 g/mol. The van der Waals surface area contributed by atoms with E-state index in [1.807, 2.05) is 12.1 Å². The summed E-state index contributed by atoms with van der Waals surface area (Å²) in [6.45, 7) is 16.5. The summed E-state index contributed by atoms with van der Waals surface area (Å²) in [6, 6.07) is 27.4. The van der Waals surface area contributed by atoms with E-state index in [-0.39, 0.29) is 41.1 Å². The molecule has 0 unspecified atom stereocenters. The number of halogens is 4. The van der Waals surface area contributed by atoms with Crippen molar-refractivity contribution in [2.24, 2.45) is 5.41 Å². The zero-order chi connectivity index (χ0) is 33.7. The molecule has 0 aliphatic heterocycles. The van der Waals surface area contributed by atoms with E-state index >= 15 is 0 Å². The molecule has 0 atom stereocenters. The second kappa shape index (κ2) is 13.3. The number of allylic oxidation sites excluding steroid dienone is 6. The predicted octanol–water partition coefficient (Wildman–Crippen LogP) is 6.83. The Morgan fingerprint density at radius 1 is 0.700 bits per heavy atom. The first-order chi connectivity index (χ1) is 22.7. The molecular formula is C45H42Cl4Zr. The topological polar surface area (TPSA) is 0 Å². The Labute approximate surface area is 328 Å². The molecular weight excluding hydrogens is 774 g/mol. The molecule has 0 N–H and O–H groups in total. The summed E-state index contributed by atoms with van der Waals surface area (Å²) < 4.78 is 3.40. The van der Waals surface area contributed by atoms with Crippen LogP contribution >= 0.6 is 23.2 Å². The van der Waals surface area contributed by atoms with Crippen LogP contribution in [-0.4, -0.2) is 3.21 Å². The van der Waals surface area contributed by atoms with E-state index in [1.165, 1.54) is 64.4 Å². The van der Waals surface area contributed by atoms with Gasteiger partial charge >= 0.3 is 306 Å². The summed E-state index contributed by atoms with van der Waals surface area (Å²) in [5, 5.41) is 1.54. The van der Waals surface area contributed by atoms with Crippen molar-refractivity contribution in [2.75, 3.05) is 0 Å². The molecule has 0 fully saturated rings. The van der Waals surface area contributed by atoms with Crippen molar-refractivity contribution in [1.29, 1.82) is 0 Å². The fourth-order valence-corrected chi connectivity index (χ4v) is 17.7. The molecule has 254 valence electrons. The molecule has 4 aliphatic rings. The second-order valence-electron chi connectivity index (χ2n) is 16.2. The van der Waals surface area contributed by atoms with Gasteiger partial charge in [0.2, 0.25) is 0 Å². The smallest absolute Gasteiger partial charge is 1.00 e. The molecule has 0 saturated heterocycles. The van der Waals surface area contributed by atoms with Crippen LogP contribution in [0, 0.1) is 5.41 Å². The van der Waals surface area contributed by atoms with Gasteiger partial charge in [0.15, 0.2) is 0 Å². The van der Waals surface area contributed by atoms with Gasteiger partial charge < -0.3 is 24.8 Å². The maximum absolute atomic E-state index is 6.81. The van der Waals surface area contributed by atoms with Gasteiger partial charge in [-0.3, -0.25) is 0 Å². The van der Waals surface area contributed by atoms with Crippen molar-refractivity contribution in [2.45, 2.75) is 69.3 Å². The molecule has 0 radical (unpaired) electrons. The minimum atomic E-state index is -3.00. The third-order valence-corrected chi connectivity index (χ3v) is 19.7. The Kier molecular flexibility index (Phi) is 9.98. The minimum absolute atomic E-state index is 0. The first-order valence-electron chi connectivity index (χ1n) is 17.1. The van der Waals surface area contributed by atoms with Gasteiger partial charge in [-0.15, -0.1) is 0 Å². The third kappa shape index (κ3) is 6.28. The summed E-state index contributed by atoms with van der Waals surface area (Å²) in [7, 11) is 0. The monoisotopic (exact) mass is 812 g/mol. The van der Waals surface area contributed by atoms with Crippen LogP contribution in [-0.2, 0) is 32.1 Å². The molecule has 4 aromatic carbocycles. The van der Waals surface area contributed by atoms with Crippen molar-refractivity contribution >= 4 is 38.6 Å². The Bertz CT molecular complexity index is 2090. The van der Waals surface area contributed by atoms with Gasteiger partial charge in [-0.25, -0.2) is 0 Å². The SMILES string of the molecule is CC(C)(C)C1=CC[C]([Zr+2](=[C](c2cccc(Cl)c2)c2cccc(Cl)c2)[CH]2c3cc4c(cc3-c3cc5c(cc32)C(C)(C)C=C5)C=CC4(C)C)=C1.[Cl-].[Cl-]. The van der Waals surface area contributed by atoms with Crippen molar-refractivity contribution < 1.29 is 46.1 Å². The van der Waals surface area contributed by atoms with Crippen LogP contribution < -0.4 is 24.8 Å². The number of hydrogen-bond acceptors (Lipinski definition) is 0. The van der Waals surface area contributed by atoms with Crippen molar-refractivity contribution in [3.63, 3.8) is 0 Å².